The number of aryl methyl sites for hydroxylation is 1. The monoisotopic (exact) mass is 265 g/mol. The molecule has 1 fully saturated rings. The molecule has 1 aliphatic carbocycles. The lowest BCUT2D eigenvalue weighted by Crippen LogP contribution is -2.23. The third-order valence-corrected chi connectivity index (χ3v) is 3.73. The second-order valence-electron chi connectivity index (χ2n) is 5.28. The minimum absolute atomic E-state index is 0.302. The molecule has 1 N–H and O–H groups in total. The molecule has 0 atom stereocenters. The number of methoxy groups -OCH3 is 1. The maximum atomic E-state index is 9.11. The highest BCUT2D eigenvalue weighted by Gasteiger charge is 2.21. The van der Waals surface area contributed by atoms with E-state index >= 15 is 0 Å². The molecule has 1 saturated carbocycles. The Morgan fingerprint density at radius 2 is 2.00 bits per heavy atom. The first-order valence-corrected chi connectivity index (χ1v) is 6.95. The summed E-state index contributed by atoms with van der Waals surface area (Å²) < 4.78 is 11.1. The summed E-state index contributed by atoms with van der Waals surface area (Å²) in [6.45, 7) is 2.80. The molecule has 1 aromatic heterocycles. The van der Waals surface area contributed by atoms with Gasteiger partial charge in [0.25, 0.3) is 0 Å². The SMILES string of the molecule is COc1cc(C)nc(COC2CCC(CO)CC2)c1. The zero-order chi connectivity index (χ0) is 13.7. The van der Waals surface area contributed by atoms with Crippen molar-refractivity contribution in [2.75, 3.05) is 13.7 Å². The second-order valence-corrected chi connectivity index (χ2v) is 5.28. The summed E-state index contributed by atoms with van der Waals surface area (Å²) >= 11 is 0. The number of ether oxygens (including phenoxy) is 2. The van der Waals surface area contributed by atoms with Gasteiger partial charge in [-0.15, -0.1) is 0 Å². The number of aromatic nitrogens is 1. The van der Waals surface area contributed by atoms with Gasteiger partial charge in [-0.3, -0.25) is 4.98 Å². The van der Waals surface area contributed by atoms with Crippen molar-refractivity contribution in [1.82, 2.24) is 4.98 Å². The molecule has 19 heavy (non-hydrogen) atoms. The molecule has 0 amide bonds. The van der Waals surface area contributed by atoms with Crippen LogP contribution in [0.2, 0.25) is 0 Å². The average Bonchev–Trinajstić information content (AvgIpc) is 2.45. The van der Waals surface area contributed by atoms with E-state index in [0.29, 0.717) is 25.2 Å². The summed E-state index contributed by atoms with van der Waals surface area (Å²) in [5.74, 6) is 1.30. The summed E-state index contributed by atoms with van der Waals surface area (Å²) in [7, 11) is 1.66. The quantitative estimate of drug-likeness (QED) is 0.888. The van der Waals surface area contributed by atoms with Crippen LogP contribution in [0.25, 0.3) is 0 Å². The molecular formula is C15H23NO3. The van der Waals surface area contributed by atoms with Crippen LogP contribution in [-0.2, 0) is 11.3 Å². The van der Waals surface area contributed by atoms with Crippen molar-refractivity contribution < 1.29 is 14.6 Å². The van der Waals surface area contributed by atoms with Gasteiger partial charge in [0.15, 0.2) is 0 Å². The van der Waals surface area contributed by atoms with E-state index in [1.165, 1.54) is 0 Å². The van der Waals surface area contributed by atoms with Gasteiger partial charge in [0.05, 0.1) is 25.5 Å². The van der Waals surface area contributed by atoms with Crippen LogP contribution in [0, 0.1) is 12.8 Å². The van der Waals surface area contributed by atoms with E-state index in [1.54, 1.807) is 7.11 Å². The predicted molar refractivity (Wildman–Crippen MR) is 73.1 cm³/mol. The normalized spacial score (nSPS) is 23.3. The zero-order valence-electron chi connectivity index (χ0n) is 11.8. The first-order chi connectivity index (χ1) is 9.21. The minimum Gasteiger partial charge on any atom is -0.497 e. The molecule has 0 radical (unpaired) electrons. The Bertz CT molecular complexity index is 400. The number of aliphatic hydroxyl groups excluding tert-OH is 1. The Balaban J connectivity index is 1.84. The highest BCUT2D eigenvalue weighted by molar-refractivity contribution is 5.26. The van der Waals surface area contributed by atoms with Gasteiger partial charge in [0.1, 0.15) is 5.75 Å². The summed E-state index contributed by atoms with van der Waals surface area (Å²) in [5, 5.41) is 9.11. The zero-order valence-corrected chi connectivity index (χ0v) is 11.8. The molecule has 0 bridgehead atoms. The van der Waals surface area contributed by atoms with E-state index in [9.17, 15) is 0 Å². The fourth-order valence-electron chi connectivity index (χ4n) is 2.58. The van der Waals surface area contributed by atoms with Crippen molar-refractivity contribution in [2.45, 2.75) is 45.3 Å². The Labute approximate surface area is 114 Å². The molecule has 0 aliphatic heterocycles. The van der Waals surface area contributed by atoms with Crippen molar-refractivity contribution in [3.63, 3.8) is 0 Å². The smallest absolute Gasteiger partial charge is 0.122 e. The Morgan fingerprint density at radius 3 is 2.63 bits per heavy atom. The number of pyridine rings is 1. The van der Waals surface area contributed by atoms with Gasteiger partial charge in [-0.05, 0) is 38.5 Å². The molecule has 106 valence electrons. The maximum absolute atomic E-state index is 9.11. The molecule has 0 spiro atoms. The number of nitrogens with zero attached hydrogens (tertiary/aromatic N) is 1. The molecule has 1 aliphatic rings. The predicted octanol–water partition coefficient (Wildman–Crippen LogP) is 2.47. The Hall–Kier alpha value is -1.13. The van der Waals surface area contributed by atoms with Gasteiger partial charge in [-0.2, -0.15) is 0 Å². The van der Waals surface area contributed by atoms with Gasteiger partial charge < -0.3 is 14.6 Å². The van der Waals surface area contributed by atoms with E-state index in [-0.39, 0.29) is 0 Å². The van der Waals surface area contributed by atoms with Crippen LogP contribution >= 0.6 is 0 Å². The number of hydrogen-bond donors (Lipinski definition) is 1. The lowest BCUT2D eigenvalue weighted by Gasteiger charge is -2.27. The fraction of sp³-hybridized carbons (Fsp3) is 0.667. The molecule has 1 heterocycles. The van der Waals surface area contributed by atoms with Crippen LogP contribution in [0.1, 0.15) is 37.1 Å². The average molecular weight is 265 g/mol. The highest BCUT2D eigenvalue weighted by Crippen LogP contribution is 2.26. The molecular weight excluding hydrogens is 242 g/mol. The summed E-state index contributed by atoms with van der Waals surface area (Å²) in [6, 6.07) is 3.84. The Morgan fingerprint density at radius 1 is 1.26 bits per heavy atom. The number of hydrogen-bond acceptors (Lipinski definition) is 4. The van der Waals surface area contributed by atoms with Crippen molar-refractivity contribution in [1.29, 1.82) is 0 Å². The topological polar surface area (TPSA) is 51.6 Å². The molecule has 0 saturated heterocycles. The van der Waals surface area contributed by atoms with Gasteiger partial charge in [0.2, 0.25) is 0 Å². The number of rotatable bonds is 5. The number of aliphatic hydroxyl groups is 1. The van der Waals surface area contributed by atoms with Crippen LogP contribution in [-0.4, -0.2) is 29.9 Å². The first kappa shape index (κ1) is 14.3. The van der Waals surface area contributed by atoms with Crippen LogP contribution in [0.3, 0.4) is 0 Å². The molecule has 2 rings (SSSR count). The van der Waals surface area contributed by atoms with Crippen LogP contribution in [0.15, 0.2) is 12.1 Å². The van der Waals surface area contributed by atoms with Crippen LogP contribution in [0.5, 0.6) is 5.75 Å². The second kappa shape index (κ2) is 6.87. The third kappa shape index (κ3) is 4.18. The van der Waals surface area contributed by atoms with Gasteiger partial charge in [-0.1, -0.05) is 0 Å². The minimum atomic E-state index is 0.302. The van der Waals surface area contributed by atoms with Crippen molar-refractivity contribution >= 4 is 0 Å². The molecule has 0 unspecified atom stereocenters. The maximum Gasteiger partial charge on any atom is 0.122 e. The van der Waals surface area contributed by atoms with Crippen LogP contribution in [0.4, 0.5) is 0 Å². The highest BCUT2D eigenvalue weighted by atomic mass is 16.5. The molecule has 0 aromatic carbocycles. The third-order valence-electron chi connectivity index (χ3n) is 3.73. The fourth-order valence-corrected chi connectivity index (χ4v) is 2.58. The van der Waals surface area contributed by atoms with E-state index in [4.69, 9.17) is 14.6 Å². The summed E-state index contributed by atoms with van der Waals surface area (Å²) in [5.41, 5.74) is 1.86. The van der Waals surface area contributed by atoms with Crippen molar-refractivity contribution in [3.05, 3.63) is 23.5 Å². The van der Waals surface area contributed by atoms with Gasteiger partial charge in [-0.25, -0.2) is 0 Å². The summed E-state index contributed by atoms with van der Waals surface area (Å²) in [4.78, 5) is 4.45. The van der Waals surface area contributed by atoms with Crippen LogP contribution < -0.4 is 4.74 Å². The molecule has 4 heteroatoms. The largest absolute Gasteiger partial charge is 0.497 e. The van der Waals surface area contributed by atoms with E-state index in [0.717, 1.165) is 42.8 Å². The molecule has 1 aromatic rings. The first-order valence-electron chi connectivity index (χ1n) is 6.95. The van der Waals surface area contributed by atoms with E-state index < -0.39 is 0 Å². The van der Waals surface area contributed by atoms with Crippen molar-refractivity contribution in [3.8, 4) is 5.75 Å². The Kier molecular flexibility index (Phi) is 5.16. The lowest BCUT2D eigenvalue weighted by atomic mass is 9.88. The summed E-state index contributed by atoms with van der Waals surface area (Å²) in [6.07, 6.45) is 4.50. The standard InChI is InChI=1S/C15H23NO3/c1-11-7-15(18-2)8-13(16-11)10-19-14-5-3-12(9-17)4-6-14/h7-8,12,14,17H,3-6,9-10H2,1-2H3. The molecule has 4 nitrogen and oxygen atoms in total. The van der Waals surface area contributed by atoms with Crippen molar-refractivity contribution in [2.24, 2.45) is 5.92 Å². The lowest BCUT2D eigenvalue weighted by molar-refractivity contribution is -0.000255. The van der Waals surface area contributed by atoms with E-state index in [2.05, 4.69) is 4.98 Å². The van der Waals surface area contributed by atoms with E-state index in [1.807, 2.05) is 19.1 Å². The van der Waals surface area contributed by atoms with Gasteiger partial charge >= 0.3 is 0 Å². The van der Waals surface area contributed by atoms with Gasteiger partial charge in [0, 0.05) is 24.4 Å².